The number of pyridine rings is 1. The van der Waals surface area contributed by atoms with Crippen molar-refractivity contribution in [3.8, 4) is 17.5 Å². The molecule has 3 aromatic heterocycles. The number of halogens is 1. The minimum Gasteiger partial charge on any atom is -0.398 e. The Bertz CT molecular complexity index is 1920. The first-order chi connectivity index (χ1) is 21.4. The lowest BCUT2D eigenvalue weighted by Gasteiger charge is -2.29. The van der Waals surface area contributed by atoms with Gasteiger partial charge in [0.1, 0.15) is 23.0 Å². The number of hydrogen-bond donors (Lipinski definition) is 2. The molecule has 0 bridgehead atoms. The van der Waals surface area contributed by atoms with E-state index in [0.717, 1.165) is 15.1 Å². The summed E-state index contributed by atoms with van der Waals surface area (Å²) < 4.78 is 8.88. The molecule has 1 aliphatic rings. The van der Waals surface area contributed by atoms with Crippen molar-refractivity contribution in [1.29, 1.82) is 5.26 Å². The maximum absolute atomic E-state index is 14.1. The van der Waals surface area contributed by atoms with Crippen molar-refractivity contribution in [2.75, 3.05) is 42.3 Å². The zero-order valence-electron chi connectivity index (χ0n) is 23.6. The number of morpholine rings is 1. The number of nitrogens with two attached hydrogens (primary N) is 1. The third kappa shape index (κ3) is 5.83. The standard InChI is InChI=1S/C32H28ClN7O3S/c33-28-13-10-22(44-28)19-36-30-24(18-34)29(37-40(30)31(41)23-8-4-5-9-25(23)35)26-11-12-27(38-14-16-43-17-15-38)32(42)39(26)20-21-6-2-1-3-7-21/h1-13,36H,14-17,19-20,35H2. The molecule has 0 spiro atoms. The summed E-state index contributed by atoms with van der Waals surface area (Å²) in [5, 5.41) is 18.4. The molecule has 6 rings (SSSR count). The highest BCUT2D eigenvalue weighted by Crippen LogP contribution is 2.32. The Morgan fingerprint density at radius 2 is 1.80 bits per heavy atom. The van der Waals surface area contributed by atoms with Gasteiger partial charge in [0.15, 0.2) is 5.82 Å². The molecule has 3 N–H and O–H groups in total. The molecule has 12 heteroatoms. The van der Waals surface area contributed by atoms with Gasteiger partial charge in [-0.05, 0) is 42.0 Å². The highest BCUT2D eigenvalue weighted by atomic mass is 35.5. The van der Waals surface area contributed by atoms with Crippen LogP contribution in [0.2, 0.25) is 4.34 Å². The number of rotatable bonds is 8. The van der Waals surface area contributed by atoms with Crippen LogP contribution in [0, 0.1) is 11.3 Å². The van der Waals surface area contributed by atoms with Gasteiger partial charge in [0.05, 0.1) is 41.9 Å². The summed E-state index contributed by atoms with van der Waals surface area (Å²) in [6, 6.07) is 25.7. The molecule has 1 fully saturated rings. The average Bonchev–Trinajstić information content (AvgIpc) is 3.64. The van der Waals surface area contributed by atoms with Gasteiger partial charge in [0, 0.05) is 23.7 Å². The maximum atomic E-state index is 14.1. The largest absolute Gasteiger partial charge is 0.398 e. The third-order valence-corrected chi connectivity index (χ3v) is 8.60. The Kier molecular flexibility index (Phi) is 8.47. The minimum atomic E-state index is -0.514. The lowest BCUT2D eigenvalue weighted by atomic mass is 10.1. The van der Waals surface area contributed by atoms with E-state index in [1.54, 1.807) is 47.0 Å². The molecule has 0 atom stereocenters. The molecule has 10 nitrogen and oxygen atoms in total. The van der Waals surface area contributed by atoms with Crippen LogP contribution in [0.1, 0.15) is 26.4 Å². The predicted octanol–water partition coefficient (Wildman–Crippen LogP) is 5.07. The quantitative estimate of drug-likeness (QED) is 0.229. The van der Waals surface area contributed by atoms with E-state index >= 15 is 0 Å². The number of nitrogen functional groups attached to an aromatic ring is 1. The van der Waals surface area contributed by atoms with Crippen LogP contribution in [0.4, 0.5) is 17.2 Å². The van der Waals surface area contributed by atoms with Crippen molar-refractivity contribution in [3.63, 3.8) is 0 Å². The number of thiophene rings is 1. The summed E-state index contributed by atoms with van der Waals surface area (Å²) in [7, 11) is 0. The van der Waals surface area contributed by atoms with Crippen LogP contribution in [-0.2, 0) is 17.8 Å². The SMILES string of the molecule is N#Cc1c(-c2ccc(N3CCOCC3)c(=O)n2Cc2ccccc2)nn(C(=O)c2ccccc2N)c1NCc1ccc(Cl)s1. The molecule has 1 aliphatic heterocycles. The number of ether oxygens (including phenoxy) is 1. The molecule has 1 saturated heterocycles. The molecule has 0 amide bonds. The molecule has 4 heterocycles. The number of carbonyl (C=O) groups is 1. The molecule has 222 valence electrons. The first-order valence-electron chi connectivity index (χ1n) is 14.0. The second-order valence-electron chi connectivity index (χ2n) is 10.1. The molecule has 0 aliphatic carbocycles. The lowest BCUT2D eigenvalue weighted by Crippen LogP contribution is -2.40. The van der Waals surface area contributed by atoms with Crippen molar-refractivity contribution < 1.29 is 9.53 Å². The topological polar surface area (TPSA) is 131 Å². The van der Waals surface area contributed by atoms with Crippen molar-refractivity contribution in [2.24, 2.45) is 0 Å². The second-order valence-corrected chi connectivity index (χ2v) is 11.9. The van der Waals surface area contributed by atoms with E-state index in [0.29, 0.717) is 48.6 Å². The Hall–Kier alpha value is -4.89. The van der Waals surface area contributed by atoms with Gasteiger partial charge in [-0.2, -0.15) is 15.0 Å². The number of hydrogen-bond acceptors (Lipinski definition) is 9. The monoisotopic (exact) mass is 625 g/mol. The first kappa shape index (κ1) is 29.2. The molecule has 0 radical (unpaired) electrons. The summed E-state index contributed by atoms with van der Waals surface area (Å²) in [4.78, 5) is 30.9. The number of carbonyl (C=O) groups excluding carboxylic acids is 1. The zero-order valence-corrected chi connectivity index (χ0v) is 25.1. The number of aromatic nitrogens is 3. The fourth-order valence-corrected chi connectivity index (χ4v) is 6.21. The molecule has 44 heavy (non-hydrogen) atoms. The molecule has 5 aromatic rings. The Morgan fingerprint density at radius 1 is 1.05 bits per heavy atom. The predicted molar refractivity (Wildman–Crippen MR) is 172 cm³/mol. The van der Waals surface area contributed by atoms with E-state index < -0.39 is 5.91 Å². The summed E-state index contributed by atoms with van der Waals surface area (Å²) in [5.41, 5.74) is 8.60. The van der Waals surface area contributed by atoms with E-state index in [1.807, 2.05) is 41.3 Å². The number of anilines is 3. The molecule has 0 saturated carbocycles. The number of para-hydroxylation sites is 1. The minimum absolute atomic E-state index is 0.121. The summed E-state index contributed by atoms with van der Waals surface area (Å²) >= 11 is 7.53. The van der Waals surface area contributed by atoms with Gasteiger partial charge in [0.25, 0.3) is 11.5 Å². The van der Waals surface area contributed by atoms with Gasteiger partial charge < -0.3 is 25.3 Å². The number of nitriles is 1. The fraction of sp³-hybridized carbons (Fsp3) is 0.188. The van der Waals surface area contributed by atoms with E-state index in [1.165, 1.54) is 11.3 Å². The van der Waals surface area contributed by atoms with Crippen LogP contribution in [-0.4, -0.2) is 46.6 Å². The summed E-state index contributed by atoms with van der Waals surface area (Å²) in [5.74, 6) is -0.323. The van der Waals surface area contributed by atoms with Gasteiger partial charge in [-0.15, -0.1) is 11.3 Å². The highest BCUT2D eigenvalue weighted by Gasteiger charge is 2.28. The van der Waals surface area contributed by atoms with E-state index in [4.69, 9.17) is 22.1 Å². The van der Waals surface area contributed by atoms with Crippen LogP contribution in [0.25, 0.3) is 11.4 Å². The van der Waals surface area contributed by atoms with Crippen molar-refractivity contribution in [3.05, 3.63) is 115 Å². The number of nitrogens with one attached hydrogen (secondary N) is 1. The number of nitrogens with zero attached hydrogens (tertiary/aromatic N) is 5. The second kappa shape index (κ2) is 12.8. The van der Waals surface area contributed by atoms with Crippen LogP contribution in [0.3, 0.4) is 0 Å². The maximum Gasteiger partial charge on any atom is 0.282 e. The van der Waals surface area contributed by atoms with Crippen molar-refractivity contribution in [1.82, 2.24) is 14.3 Å². The van der Waals surface area contributed by atoms with Gasteiger partial charge in [-0.25, -0.2) is 0 Å². The zero-order chi connectivity index (χ0) is 30.6. The third-order valence-electron chi connectivity index (χ3n) is 7.37. The van der Waals surface area contributed by atoms with Crippen molar-refractivity contribution in [2.45, 2.75) is 13.1 Å². The molecular weight excluding hydrogens is 598 g/mol. The van der Waals surface area contributed by atoms with Gasteiger partial charge in [-0.1, -0.05) is 54.1 Å². The van der Waals surface area contributed by atoms with Crippen LogP contribution in [0.5, 0.6) is 0 Å². The van der Waals surface area contributed by atoms with Gasteiger partial charge in [-0.3, -0.25) is 9.59 Å². The summed E-state index contributed by atoms with van der Waals surface area (Å²) in [6.07, 6.45) is 0. The average molecular weight is 626 g/mol. The van der Waals surface area contributed by atoms with Gasteiger partial charge >= 0.3 is 0 Å². The first-order valence-corrected chi connectivity index (χ1v) is 15.1. The van der Waals surface area contributed by atoms with E-state index in [2.05, 4.69) is 16.5 Å². The molecular formula is C32H28ClN7O3S. The lowest BCUT2D eigenvalue weighted by molar-refractivity contribution is 0.0948. The van der Waals surface area contributed by atoms with E-state index in [-0.39, 0.29) is 40.4 Å². The Balaban J connectivity index is 1.52. The smallest absolute Gasteiger partial charge is 0.282 e. The number of benzene rings is 2. The van der Waals surface area contributed by atoms with Crippen molar-refractivity contribution >= 4 is 46.0 Å². The molecule has 2 aromatic carbocycles. The van der Waals surface area contributed by atoms with E-state index in [9.17, 15) is 14.9 Å². The Labute approximate surface area is 262 Å². The van der Waals surface area contributed by atoms with Crippen LogP contribution in [0.15, 0.2) is 83.7 Å². The normalized spacial score (nSPS) is 13.0. The molecule has 0 unspecified atom stereocenters. The van der Waals surface area contributed by atoms with Crippen LogP contribution >= 0.6 is 22.9 Å². The van der Waals surface area contributed by atoms with Crippen LogP contribution < -0.4 is 21.5 Å². The Morgan fingerprint density at radius 3 is 2.50 bits per heavy atom. The summed E-state index contributed by atoms with van der Waals surface area (Å²) in [6.45, 7) is 2.76. The fourth-order valence-electron chi connectivity index (χ4n) is 5.18. The highest BCUT2D eigenvalue weighted by molar-refractivity contribution is 7.16. The van der Waals surface area contributed by atoms with Gasteiger partial charge in [0.2, 0.25) is 0 Å².